The maximum atomic E-state index is 5.67. The molecule has 0 spiro atoms. The number of nitrogens with zero attached hydrogens (tertiary/aromatic N) is 2. The third kappa shape index (κ3) is 2.03. The number of rotatable bonds is 3. The van der Waals surface area contributed by atoms with Crippen molar-refractivity contribution in [3.63, 3.8) is 0 Å². The lowest BCUT2D eigenvalue weighted by molar-refractivity contribution is -0.144. The van der Waals surface area contributed by atoms with E-state index in [2.05, 4.69) is 24.0 Å². The Kier molecular flexibility index (Phi) is 2.67. The summed E-state index contributed by atoms with van der Waals surface area (Å²) in [6.45, 7) is 5.61. The molecule has 5 rings (SSSR count). The standard InChI is InChI=1S/C16H25N3S/c1-14-3-11-4-15(2,8-14)10-16(5-11,9-14)6-12-18-19-13(7-17)20-12/h11H,3-10,17H2,1-2H3. The highest BCUT2D eigenvalue weighted by atomic mass is 32.1. The van der Waals surface area contributed by atoms with E-state index in [0.29, 0.717) is 22.8 Å². The fraction of sp³-hybridized carbons (Fsp3) is 0.875. The molecule has 110 valence electrons. The number of aromatic nitrogens is 2. The summed E-state index contributed by atoms with van der Waals surface area (Å²) in [5.41, 5.74) is 7.37. The van der Waals surface area contributed by atoms with Gasteiger partial charge >= 0.3 is 0 Å². The number of nitrogens with two attached hydrogens (primary N) is 1. The maximum absolute atomic E-state index is 5.67. The molecular weight excluding hydrogens is 266 g/mol. The summed E-state index contributed by atoms with van der Waals surface area (Å²) in [6, 6.07) is 0. The van der Waals surface area contributed by atoms with Crippen molar-refractivity contribution in [3.8, 4) is 0 Å². The van der Waals surface area contributed by atoms with Crippen LogP contribution in [0.4, 0.5) is 0 Å². The van der Waals surface area contributed by atoms with Crippen molar-refractivity contribution in [2.24, 2.45) is 27.9 Å². The minimum atomic E-state index is 0.508. The van der Waals surface area contributed by atoms with Crippen molar-refractivity contribution >= 4 is 11.3 Å². The molecule has 4 bridgehead atoms. The monoisotopic (exact) mass is 291 g/mol. The van der Waals surface area contributed by atoms with Gasteiger partial charge in [0.2, 0.25) is 0 Å². The van der Waals surface area contributed by atoms with Gasteiger partial charge in [-0.05, 0) is 60.7 Å². The van der Waals surface area contributed by atoms with Crippen LogP contribution in [-0.2, 0) is 13.0 Å². The topological polar surface area (TPSA) is 51.8 Å². The van der Waals surface area contributed by atoms with Gasteiger partial charge < -0.3 is 5.73 Å². The Morgan fingerprint density at radius 2 is 1.70 bits per heavy atom. The van der Waals surface area contributed by atoms with Crippen LogP contribution < -0.4 is 5.73 Å². The van der Waals surface area contributed by atoms with Crippen molar-refractivity contribution in [3.05, 3.63) is 10.0 Å². The first-order valence-electron chi connectivity index (χ1n) is 7.93. The first-order chi connectivity index (χ1) is 9.42. The van der Waals surface area contributed by atoms with Crippen LogP contribution in [0.15, 0.2) is 0 Å². The zero-order valence-electron chi connectivity index (χ0n) is 12.6. The molecule has 2 atom stereocenters. The predicted octanol–water partition coefficient (Wildman–Crippen LogP) is 3.54. The summed E-state index contributed by atoms with van der Waals surface area (Å²) in [5, 5.41) is 10.8. The second kappa shape index (κ2) is 4.04. The van der Waals surface area contributed by atoms with Gasteiger partial charge in [0, 0.05) is 13.0 Å². The average Bonchev–Trinajstić information content (AvgIpc) is 2.70. The van der Waals surface area contributed by atoms with Crippen molar-refractivity contribution in [1.82, 2.24) is 10.2 Å². The van der Waals surface area contributed by atoms with Gasteiger partial charge in [-0.2, -0.15) is 0 Å². The van der Waals surface area contributed by atoms with Gasteiger partial charge in [0.25, 0.3) is 0 Å². The Hall–Kier alpha value is -0.480. The van der Waals surface area contributed by atoms with Gasteiger partial charge in [0.1, 0.15) is 10.0 Å². The summed E-state index contributed by atoms with van der Waals surface area (Å²) < 4.78 is 0. The van der Waals surface area contributed by atoms with E-state index in [9.17, 15) is 0 Å². The first-order valence-corrected chi connectivity index (χ1v) is 8.75. The van der Waals surface area contributed by atoms with Crippen LogP contribution in [0.1, 0.15) is 62.4 Å². The molecular formula is C16H25N3S. The molecule has 1 aromatic heterocycles. The quantitative estimate of drug-likeness (QED) is 0.926. The van der Waals surface area contributed by atoms with Crippen molar-refractivity contribution < 1.29 is 0 Å². The summed E-state index contributed by atoms with van der Waals surface area (Å²) in [5.74, 6) is 0.961. The fourth-order valence-electron chi connectivity index (χ4n) is 6.64. The lowest BCUT2D eigenvalue weighted by atomic mass is 9.40. The van der Waals surface area contributed by atoms with E-state index in [1.54, 1.807) is 11.3 Å². The molecule has 2 N–H and O–H groups in total. The molecule has 0 aliphatic heterocycles. The second-order valence-corrected chi connectivity index (χ2v) is 9.75. The van der Waals surface area contributed by atoms with Crippen molar-refractivity contribution in [2.45, 2.75) is 65.3 Å². The second-order valence-electron chi connectivity index (χ2n) is 8.60. The highest BCUT2D eigenvalue weighted by Crippen LogP contribution is 2.70. The maximum Gasteiger partial charge on any atom is 0.131 e. The third-order valence-electron chi connectivity index (χ3n) is 5.95. The average molecular weight is 291 g/mol. The molecule has 0 amide bonds. The van der Waals surface area contributed by atoms with Crippen LogP contribution in [0.3, 0.4) is 0 Å². The minimum Gasteiger partial charge on any atom is -0.324 e. The predicted molar refractivity (Wildman–Crippen MR) is 81.3 cm³/mol. The summed E-state index contributed by atoms with van der Waals surface area (Å²) in [7, 11) is 0. The molecule has 4 heteroatoms. The van der Waals surface area contributed by atoms with E-state index >= 15 is 0 Å². The van der Waals surface area contributed by atoms with Crippen LogP contribution >= 0.6 is 11.3 Å². The summed E-state index contributed by atoms with van der Waals surface area (Å²) in [4.78, 5) is 0. The van der Waals surface area contributed by atoms with Gasteiger partial charge in [0.15, 0.2) is 0 Å². The van der Waals surface area contributed by atoms with Gasteiger partial charge in [0.05, 0.1) is 0 Å². The number of hydrogen-bond donors (Lipinski definition) is 1. The van der Waals surface area contributed by atoms with E-state index in [1.807, 2.05) is 0 Å². The highest BCUT2D eigenvalue weighted by molar-refractivity contribution is 7.11. The normalized spacial score (nSPS) is 46.0. The van der Waals surface area contributed by atoms with Gasteiger partial charge in [-0.3, -0.25) is 0 Å². The molecule has 4 aliphatic carbocycles. The molecule has 0 aromatic carbocycles. The number of hydrogen-bond acceptors (Lipinski definition) is 4. The first kappa shape index (κ1) is 13.2. The Bertz CT molecular complexity index is 520. The molecule has 2 unspecified atom stereocenters. The molecule has 3 nitrogen and oxygen atoms in total. The zero-order chi connectivity index (χ0) is 14.0. The van der Waals surface area contributed by atoms with Gasteiger partial charge in [-0.15, -0.1) is 21.5 Å². The Morgan fingerprint density at radius 3 is 2.25 bits per heavy atom. The van der Waals surface area contributed by atoms with Gasteiger partial charge in [-0.25, -0.2) is 0 Å². The molecule has 4 aliphatic rings. The zero-order valence-corrected chi connectivity index (χ0v) is 13.4. The Balaban J connectivity index is 1.63. The van der Waals surface area contributed by atoms with Crippen LogP contribution in [0.2, 0.25) is 0 Å². The van der Waals surface area contributed by atoms with E-state index in [-0.39, 0.29) is 0 Å². The van der Waals surface area contributed by atoms with E-state index < -0.39 is 0 Å². The minimum absolute atomic E-state index is 0.508. The molecule has 1 aromatic rings. The van der Waals surface area contributed by atoms with E-state index in [0.717, 1.165) is 17.3 Å². The van der Waals surface area contributed by atoms with E-state index in [1.165, 1.54) is 43.5 Å². The molecule has 1 heterocycles. The smallest absolute Gasteiger partial charge is 0.131 e. The molecule has 4 fully saturated rings. The third-order valence-corrected chi connectivity index (χ3v) is 6.90. The van der Waals surface area contributed by atoms with E-state index in [4.69, 9.17) is 5.73 Å². The van der Waals surface area contributed by atoms with Crippen molar-refractivity contribution in [2.75, 3.05) is 0 Å². The molecule has 0 radical (unpaired) electrons. The lowest BCUT2D eigenvalue weighted by Crippen LogP contribution is -2.55. The molecule has 0 saturated heterocycles. The van der Waals surface area contributed by atoms with Crippen LogP contribution in [0.25, 0.3) is 0 Å². The lowest BCUT2D eigenvalue weighted by Gasteiger charge is -2.65. The summed E-state index contributed by atoms with van der Waals surface area (Å²) >= 11 is 1.73. The van der Waals surface area contributed by atoms with Crippen LogP contribution in [-0.4, -0.2) is 10.2 Å². The van der Waals surface area contributed by atoms with Gasteiger partial charge in [-0.1, -0.05) is 13.8 Å². The Morgan fingerprint density at radius 1 is 1.05 bits per heavy atom. The molecule has 4 saturated carbocycles. The summed E-state index contributed by atoms with van der Waals surface area (Å²) in [6.07, 6.45) is 9.76. The largest absolute Gasteiger partial charge is 0.324 e. The SMILES string of the molecule is CC12CC3CC(C)(C1)CC(Cc1nnc(CN)s1)(C3)C2. The van der Waals surface area contributed by atoms with Crippen molar-refractivity contribution in [1.29, 1.82) is 0 Å². The highest BCUT2D eigenvalue weighted by Gasteiger charge is 2.59. The fourth-order valence-corrected chi connectivity index (χ4v) is 7.54. The Labute approximate surface area is 125 Å². The molecule has 20 heavy (non-hydrogen) atoms. The van der Waals surface area contributed by atoms with Crippen LogP contribution in [0, 0.1) is 22.2 Å². The van der Waals surface area contributed by atoms with Crippen LogP contribution in [0.5, 0.6) is 0 Å².